The lowest BCUT2D eigenvalue weighted by Gasteiger charge is -2.19. The van der Waals surface area contributed by atoms with Crippen LogP contribution in [0.2, 0.25) is 5.02 Å². The topological polar surface area (TPSA) is 105 Å². The Morgan fingerprint density at radius 3 is 2.25 bits per heavy atom. The molecule has 4 N–H and O–H groups in total. The standard InChI is InChI=1S/C15H17ClN4O3S/c1-20(2)14-8-7-12(24(17,22)23)9-13(14)19-15(21)18-11-5-3-10(16)4-6-11/h3-9H,1-2H3,(H2,17,22,23)(H2,18,19,21). The Kier molecular flexibility index (Phi) is 5.33. The van der Waals surface area contributed by atoms with Gasteiger partial charge >= 0.3 is 6.03 Å². The molecule has 0 bridgehead atoms. The number of anilines is 3. The molecule has 0 unspecified atom stereocenters. The maximum atomic E-state index is 12.1. The van der Waals surface area contributed by atoms with E-state index in [1.54, 1.807) is 49.3 Å². The Labute approximate surface area is 145 Å². The van der Waals surface area contributed by atoms with Gasteiger partial charge in [-0.15, -0.1) is 0 Å². The summed E-state index contributed by atoms with van der Waals surface area (Å²) in [5, 5.41) is 10.9. The normalized spacial score (nSPS) is 11.0. The van der Waals surface area contributed by atoms with Crippen molar-refractivity contribution in [2.75, 3.05) is 29.6 Å². The van der Waals surface area contributed by atoms with Crippen molar-refractivity contribution in [2.45, 2.75) is 4.90 Å². The van der Waals surface area contributed by atoms with E-state index in [1.165, 1.54) is 12.1 Å². The molecule has 0 heterocycles. The molecule has 0 radical (unpaired) electrons. The molecule has 0 spiro atoms. The van der Waals surface area contributed by atoms with Crippen molar-refractivity contribution in [3.63, 3.8) is 0 Å². The van der Waals surface area contributed by atoms with Crippen molar-refractivity contribution in [3.05, 3.63) is 47.5 Å². The van der Waals surface area contributed by atoms with Crippen molar-refractivity contribution in [1.29, 1.82) is 0 Å². The molecule has 128 valence electrons. The molecule has 0 aromatic heterocycles. The Morgan fingerprint density at radius 1 is 1.08 bits per heavy atom. The lowest BCUT2D eigenvalue weighted by atomic mass is 10.2. The summed E-state index contributed by atoms with van der Waals surface area (Å²) in [7, 11) is -0.328. The molecule has 2 aromatic rings. The number of carbonyl (C=O) groups excluding carboxylic acids is 1. The van der Waals surface area contributed by atoms with Crippen molar-refractivity contribution < 1.29 is 13.2 Å². The van der Waals surface area contributed by atoms with E-state index in [2.05, 4.69) is 10.6 Å². The first-order valence-electron chi connectivity index (χ1n) is 6.84. The first kappa shape index (κ1) is 18.1. The monoisotopic (exact) mass is 368 g/mol. The summed E-state index contributed by atoms with van der Waals surface area (Å²) in [6.45, 7) is 0. The fourth-order valence-corrected chi connectivity index (χ4v) is 2.67. The number of amides is 2. The molecule has 9 heteroatoms. The van der Waals surface area contributed by atoms with Gasteiger partial charge in [0.05, 0.1) is 16.3 Å². The SMILES string of the molecule is CN(C)c1ccc(S(N)(=O)=O)cc1NC(=O)Nc1ccc(Cl)cc1. The number of halogens is 1. The molecular weight excluding hydrogens is 352 g/mol. The predicted octanol–water partition coefficient (Wildman–Crippen LogP) is 2.70. The van der Waals surface area contributed by atoms with E-state index in [4.69, 9.17) is 16.7 Å². The highest BCUT2D eigenvalue weighted by molar-refractivity contribution is 7.89. The molecule has 0 fully saturated rings. The highest BCUT2D eigenvalue weighted by Crippen LogP contribution is 2.27. The van der Waals surface area contributed by atoms with Gasteiger partial charge < -0.3 is 15.5 Å². The van der Waals surface area contributed by atoms with Crippen LogP contribution in [0.3, 0.4) is 0 Å². The van der Waals surface area contributed by atoms with Gasteiger partial charge in [0, 0.05) is 24.8 Å². The van der Waals surface area contributed by atoms with Gasteiger partial charge in [0.15, 0.2) is 0 Å². The number of carbonyl (C=O) groups is 1. The molecule has 0 aliphatic rings. The van der Waals surface area contributed by atoms with Crippen LogP contribution < -0.4 is 20.7 Å². The molecule has 2 amide bonds. The fraction of sp³-hybridized carbons (Fsp3) is 0.133. The van der Waals surface area contributed by atoms with Gasteiger partial charge in [-0.2, -0.15) is 0 Å². The number of nitrogens with one attached hydrogen (secondary N) is 2. The third kappa shape index (κ3) is 4.60. The largest absolute Gasteiger partial charge is 0.376 e. The van der Waals surface area contributed by atoms with Gasteiger partial charge in [-0.1, -0.05) is 11.6 Å². The van der Waals surface area contributed by atoms with Crippen LogP contribution in [0.25, 0.3) is 0 Å². The van der Waals surface area contributed by atoms with Crippen LogP contribution in [0.15, 0.2) is 47.4 Å². The van der Waals surface area contributed by atoms with E-state index in [-0.39, 0.29) is 4.90 Å². The van der Waals surface area contributed by atoms with Gasteiger partial charge in [0.25, 0.3) is 0 Å². The molecule has 0 saturated heterocycles. The van der Waals surface area contributed by atoms with E-state index in [1.807, 2.05) is 0 Å². The van der Waals surface area contributed by atoms with Crippen LogP contribution in [0.1, 0.15) is 0 Å². The van der Waals surface area contributed by atoms with Crippen LogP contribution in [0.5, 0.6) is 0 Å². The van der Waals surface area contributed by atoms with Crippen molar-refractivity contribution in [2.24, 2.45) is 5.14 Å². The quantitative estimate of drug-likeness (QED) is 0.771. The molecule has 2 rings (SSSR count). The summed E-state index contributed by atoms with van der Waals surface area (Å²) in [5.41, 5.74) is 1.50. The zero-order chi connectivity index (χ0) is 17.9. The zero-order valence-corrected chi connectivity index (χ0v) is 14.6. The van der Waals surface area contributed by atoms with Crippen LogP contribution in [0.4, 0.5) is 21.9 Å². The smallest absolute Gasteiger partial charge is 0.323 e. The van der Waals surface area contributed by atoms with Gasteiger partial charge in [-0.05, 0) is 42.5 Å². The van der Waals surface area contributed by atoms with Crippen LogP contribution in [0, 0.1) is 0 Å². The molecule has 0 aliphatic carbocycles. The first-order valence-corrected chi connectivity index (χ1v) is 8.77. The number of nitrogens with two attached hydrogens (primary N) is 1. The molecule has 0 atom stereocenters. The van der Waals surface area contributed by atoms with Crippen LogP contribution in [-0.2, 0) is 10.0 Å². The summed E-state index contributed by atoms with van der Waals surface area (Å²) in [6.07, 6.45) is 0. The Balaban J connectivity index is 2.26. The average Bonchev–Trinajstić information content (AvgIpc) is 2.48. The van der Waals surface area contributed by atoms with Crippen LogP contribution >= 0.6 is 11.6 Å². The van der Waals surface area contributed by atoms with Crippen LogP contribution in [-0.4, -0.2) is 28.5 Å². The number of hydrogen-bond donors (Lipinski definition) is 3. The highest BCUT2D eigenvalue weighted by Gasteiger charge is 2.14. The molecule has 0 aliphatic heterocycles. The second-order valence-electron chi connectivity index (χ2n) is 5.20. The Hall–Kier alpha value is -2.29. The third-order valence-corrected chi connectivity index (χ3v) is 4.29. The summed E-state index contributed by atoms with van der Waals surface area (Å²) in [4.78, 5) is 13.8. The highest BCUT2D eigenvalue weighted by atomic mass is 35.5. The fourth-order valence-electron chi connectivity index (χ4n) is 2.00. The number of urea groups is 1. The average molecular weight is 369 g/mol. The predicted molar refractivity (Wildman–Crippen MR) is 96.2 cm³/mol. The van der Waals surface area contributed by atoms with E-state index in [0.29, 0.717) is 22.1 Å². The number of primary sulfonamides is 1. The number of sulfonamides is 1. The minimum atomic E-state index is -3.87. The van der Waals surface area contributed by atoms with Crippen molar-refractivity contribution in [1.82, 2.24) is 0 Å². The third-order valence-electron chi connectivity index (χ3n) is 3.13. The lowest BCUT2D eigenvalue weighted by molar-refractivity contribution is 0.262. The van der Waals surface area contributed by atoms with E-state index < -0.39 is 16.1 Å². The molecule has 2 aromatic carbocycles. The van der Waals surface area contributed by atoms with Crippen molar-refractivity contribution >= 4 is 44.7 Å². The number of nitrogens with zero attached hydrogens (tertiary/aromatic N) is 1. The molecule has 7 nitrogen and oxygen atoms in total. The van der Waals surface area contributed by atoms with E-state index in [0.717, 1.165) is 0 Å². The first-order chi connectivity index (χ1) is 11.2. The summed E-state index contributed by atoms with van der Waals surface area (Å²) < 4.78 is 23.0. The maximum absolute atomic E-state index is 12.1. The van der Waals surface area contributed by atoms with Crippen molar-refractivity contribution in [3.8, 4) is 0 Å². The van der Waals surface area contributed by atoms with E-state index in [9.17, 15) is 13.2 Å². The summed E-state index contributed by atoms with van der Waals surface area (Å²) in [5.74, 6) is 0. The lowest BCUT2D eigenvalue weighted by Crippen LogP contribution is -2.22. The second-order valence-corrected chi connectivity index (χ2v) is 7.20. The molecular formula is C15H17ClN4O3S. The number of benzene rings is 2. The minimum Gasteiger partial charge on any atom is -0.376 e. The number of hydrogen-bond acceptors (Lipinski definition) is 4. The maximum Gasteiger partial charge on any atom is 0.323 e. The summed E-state index contributed by atoms with van der Waals surface area (Å²) in [6, 6.07) is 10.3. The van der Waals surface area contributed by atoms with Gasteiger partial charge in [-0.25, -0.2) is 18.4 Å². The second kappa shape index (κ2) is 7.08. The molecule has 24 heavy (non-hydrogen) atoms. The Morgan fingerprint density at radius 2 is 1.71 bits per heavy atom. The molecule has 0 saturated carbocycles. The number of rotatable bonds is 4. The Bertz CT molecular complexity index is 852. The summed E-state index contributed by atoms with van der Waals surface area (Å²) >= 11 is 5.79. The zero-order valence-electron chi connectivity index (χ0n) is 13.1. The minimum absolute atomic E-state index is 0.0881. The van der Waals surface area contributed by atoms with Gasteiger partial charge in [-0.3, -0.25) is 0 Å². The van der Waals surface area contributed by atoms with Gasteiger partial charge in [0.1, 0.15) is 0 Å². The van der Waals surface area contributed by atoms with Gasteiger partial charge in [0.2, 0.25) is 10.0 Å². The van der Waals surface area contributed by atoms with E-state index >= 15 is 0 Å².